The van der Waals surface area contributed by atoms with E-state index in [-0.39, 0.29) is 5.91 Å². The summed E-state index contributed by atoms with van der Waals surface area (Å²) in [5.41, 5.74) is 0.450. The molecule has 1 aromatic rings. The van der Waals surface area contributed by atoms with Crippen molar-refractivity contribution in [2.24, 2.45) is 5.41 Å². The van der Waals surface area contributed by atoms with Gasteiger partial charge in [0, 0.05) is 6.04 Å². The first-order valence-corrected chi connectivity index (χ1v) is 6.66. The Morgan fingerprint density at radius 1 is 1.44 bits per heavy atom. The van der Waals surface area contributed by atoms with Crippen molar-refractivity contribution < 1.29 is 4.79 Å². The van der Waals surface area contributed by atoms with Crippen molar-refractivity contribution in [2.45, 2.75) is 44.6 Å². The summed E-state index contributed by atoms with van der Waals surface area (Å²) >= 11 is 1.16. The van der Waals surface area contributed by atoms with Gasteiger partial charge in [-0.05, 0) is 36.2 Å². The molecule has 2 fully saturated rings. The molecular weight excluding hydrogens is 222 g/mol. The molecule has 0 aliphatic heterocycles. The van der Waals surface area contributed by atoms with Gasteiger partial charge in [-0.2, -0.15) is 0 Å². The molecule has 0 aromatic carbocycles. The van der Waals surface area contributed by atoms with Crippen molar-refractivity contribution in [1.82, 2.24) is 14.9 Å². The molecule has 1 aromatic heterocycles. The van der Waals surface area contributed by atoms with Crippen LogP contribution in [0.25, 0.3) is 0 Å². The highest BCUT2D eigenvalue weighted by molar-refractivity contribution is 7.07. The molecule has 0 saturated heterocycles. The smallest absolute Gasteiger partial charge is 0.264 e. The quantitative estimate of drug-likeness (QED) is 0.855. The monoisotopic (exact) mass is 237 g/mol. The Balaban J connectivity index is 1.59. The lowest BCUT2D eigenvalue weighted by Crippen LogP contribution is -2.30. The van der Waals surface area contributed by atoms with Crippen LogP contribution in [0.4, 0.5) is 0 Å². The number of carbonyl (C=O) groups excluding carboxylic acids is 1. The maximum atomic E-state index is 11.8. The van der Waals surface area contributed by atoms with Crippen LogP contribution in [0.2, 0.25) is 0 Å². The van der Waals surface area contributed by atoms with Crippen molar-refractivity contribution >= 4 is 17.4 Å². The van der Waals surface area contributed by atoms with E-state index < -0.39 is 0 Å². The van der Waals surface area contributed by atoms with E-state index >= 15 is 0 Å². The highest BCUT2D eigenvalue weighted by Crippen LogP contribution is 2.56. The lowest BCUT2D eigenvalue weighted by atomic mass is 9.86. The number of carbonyl (C=O) groups is 1. The van der Waals surface area contributed by atoms with Crippen LogP contribution in [0.5, 0.6) is 0 Å². The number of nitrogens with one attached hydrogen (secondary N) is 1. The Morgan fingerprint density at radius 2 is 2.25 bits per heavy atom. The summed E-state index contributed by atoms with van der Waals surface area (Å²) < 4.78 is 3.71. The Labute approximate surface area is 98.6 Å². The maximum Gasteiger partial charge on any atom is 0.264 e. The first-order chi connectivity index (χ1) is 7.80. The minimum atomic E-state index is 0.00227. The third-order valence-electron chi connectivity index (χ3n) is 3.93. The minimum absolute atomic E-state index is 0.00227. The van der Waals surface area contributed by atoms with Crippen molar-refractivity contribution in [3.8, 4) is 0 Å². The molecule has 0 radical (unpaired) electrons. The highest BCUT2D eigenvalue weighted by atomic mass is 32.1. The van der Waals surface area contributed by atoms with Gasteiger partial charge in [-0.3, -0.25) is 4.79 Å². The first-order valence-electron chi connectivity index (χ1n) is 5.88. The van der Waals surface area contributed by atoms with E-state index in [1.54, 1.807) is 0 Å². The third-order valence-corrected chi connectivity index (χ3v) is 4.59. The Morgan fingerprint density at radius 3 is 2.94 bits per heavy atom. The molecule has 4 nitrogen and oxygen atoms in total. The predicted molar refractivity (Wildman–Crippen MR) is 61.3 cm³/mol. The fraction of sp³-hybridized carbons (Fsp3) is 0.727. The van der Waals surface area contributed by atoms with Crippen LogP contribution in [-0.4, -0.2) is 21.5 Å². The number of nitrogens with zero attached hydrogens (tertiary/aromatic N) is 2. The fourth-order valence-corrected chi connectivity index (χ4v) is 3.28. The molecule has 86 valence electrons. The second kappa shape index (κ2) is 3.80. The van der Waals surface area contributed by atoms with E-state index in [0.29, 0.717) is 16.3 Å². The summed E-state index contributed by atoms with van der Waals surface area (Å²) in [6.45, 7) is 0. The lowest BCUT2D eigenvalue weighted by Gasteiger charge is -2.22. The van der Waals surface area contributed by atoms with E-state index in [9.17, 15) is 4.79 Å². The van der Waals surface area contributed by atoms with Gasteiger partial charge in [0.1, 0.15) is 4.88 Å². The Bertz CT molecular complexity index is 384. The SMILES string of the molecule is O=C(NC1CC12CCCCC2)c1cnns1. The molecule has 1 heterocycles. The molecule has 3 rings (SSSR count). The van der Waals surface area contributed by atoms with Crippen molar-refractivity contribution in [3.63, 3.8) is 0 Å². The van der Waals surface area contributed by atoms with Gasteiger partial charge in [0.25, 0.3) is 5.91 Å². The second-order valence-electron chi connectivity index (χ2n) is 4.93. The molecule has 1 amide bonds. The first kappa shape index (κ1) is 10.2. The van der Waals surface area contributed by atoms with Crippen molar-refractivity contribution in [2.75, 3.05) is 0 Å². The van der Waals surface area contributed by atoms with Crippen LogP contribution >= 0.6 is 11.5 Å². The topological polar surface area (TPSA) is 54.9 Å². The summed E-state index contributed by atoms with van der Waals surface area (Å²) in [7, 11) is 0. The zero-order valence-electron chi connectivity index (χ0n) is 9.11. The summed E-state index contributed by atoms with van der Waals surface area (Å²) in [5, 5.41) is 6.79. The van der Waals surface area contributed by atoms with E-state index in [1.165, 1.54) is 44.7 Å². The van der Waals surface area contributed by atoms with Gasteiger partial charge in [-0.15, -0.1) is 5.10 Å². The highest BCUT2D eigenvalue weighted by Gasteiger charge is 2.54. The molecule has 2 aliphatic carbocycles. The molecule has 1 atom stereocenters. The summed E-state index contributed by atoms with van der Waals surface area (Å²) in [4.78, 5) is 12.4. The third kappa shape index (κ3) is 1.73. The summed E-state index contributed by atoms with van der Waals surface area (Å²) in [6.07, 6.45) is 9.31. The standard InChI is InChI=1S/C11H15N3OS/c15-10(8-7-12-14-16-8)13-9-6-11(9)4-2-1-3-5-11/h7,9H,1-6H2,(H,13,15). The maximum absolute atomic E-state index is 11.8. The number of rotatable bonds is 2. The molecule has 2 aliphatic rings. The van der Waals surface area contributed by atoms with Crippen molar-refractivity contribution in [1.29, 1.82) is 0 Å². The van der Waals surface area contributed by atoms with E-state index in [2.05, 4.69) is 14.9 Å². The molecule has 5 heteroatoms. The van der Waals surface area contributed by atoms with Gasteiger partial charge in [0.05, 0.1) is 6.20 Å². The van der Waals surface area contributed by atoms with E-state index in [4.69, 9.17) is 0 Å². The zero-order chi connectivity index (χ0) is 11.0. The predicted octanol–water partition coefficient (Wildman–Crippen LogP) is 1.99. The van der Waals surface area contributed by atoms with Gasteiger partial charge in [-0.25, -0.2) is 0 Å². The summed E-state index contributed by atoms with van der Waals surface area (Å²) in [6, 6.07) is 0.405. The molecule has 16 heavy (non-hydrogen) atoms. The average Bonchev–Trinajstić information content (AvgIpc) is 2.78. The van der Waals surface area contributed by atoms with Gasteiger partial charge < -0.3 is 5.32 Å². The zero-order valence-corrected chi connectivity index (χ0v) is 9.92. The van der Waals surface area contributed by atoms with Crippen LogP contribution in [0.3, 0.4) is 0 Å². The van der Waals surface area contributed by atoms with Crippen LogP contribution in [0.15, 0.2) is 6.20 Å². The molecular formula is C11H15N3OS. The van der Waals surface area contributed by atoms with Gasteiger partial charge in [0.15, 0.2) is 0 Å². The number of hydrogen-bond acceptors (Lipinski definition) is 4. The minimum Gasteiger partial charge on any atom is -0.348 e. The van der Waals surface area contributed by atoms with Crippen molar-refractivity contribution in [3.05, 3.63) is 11.1 Å². The van der Waals surface area contributed by atoms with E-state index in [0.717, 1.165) is 11.5 Å². The molecule has 0 bridgehead atoms. The Kier molecular flexibility index (Phi) is 2.42. The van der Waals surface area contributed by atoms with E-state index in [1.807, 2.05) is 0 Å². The lowest BCUT2D eigenvalue weighted by molar-refractivity contribution is 0.0946. The number of aromatic nitrogens is 2. The van der Waals surface area contributed by atoms with Gasteiger partial charge >= 0.3 is 0 Å². The number of hydrogen-bond donors (Lipinski definition) is 1. The molecule has 1 spiro atoms. The van der Waals surface area contributed by atoms with Gasteiger partial charge in [0.2, 0.25) is 0 Å². The van der Waals surface area contributed by atoms with Crippen LogP contribution in [-0.2, 0) is 0 Å². The van der Waals surface area contributed by atoms with Crippen LogP contribution in [0.1, 0.15) is 48.2 Å². The largest absolute Gasteiger partial charge is 0.348 e. The fourth-order valence-electron chi connectivity index (χ4n) is 2.86. The molecule has 2 saturated carbocycles. The number of amides is 1. The van der Waals surface area contributed by atoms with Gasteiger partial charge in [-0.1, -0.05) is 23.8 Å². The van der Waals surface area contributed by atoms with Crippen LogP contribution in [0, 0.1) is 5.41 Å². The molecule has 1 unspecified atom stereocenters. The summed E-state index contributed by atoms with van der Waals surface area (Å²) in [5.74, 6) is 0.00227. The van der Waals surface area contributed by atoms with Crippen LogP contribution < -0.4 is 5.32 Å². The average molecular weight is 237 g/mol. The molecule has 1 N–H and O–H groups in total. The second-order valence-corrected chi connectivity index (χ2v) is 5.72. The Hall–Kier alpha value is -0.970. The normalized spacial score (nSPS) is 26.6.